The van der Waals surface area contributed by atoms with Crippen molar-refractivity contribution in [1.29, 1.82) is 0 Å². The second-order valence-electron chi connectivity index (χ2n) is 4.97. The Labute approximate surface area is 132 Å². The Kier molecular flexibility index (Phi) is 8.66. The molecule has 0 aromatic heterocycles. The lowest BCUT2D eigenvalue weighted by molar-refractivity contribution is -0.119. The molecule has 4 N–H and O–H groups in total. The number of nitrogens with two attached hydrogens (primary N) is 1. The maximum absolute atomic E-state index is 11.9. The summed E-state index contributed by atoms with van der Waals surface area (Å²) in [6, 6.07) is 6.66. The molecule has 0 aliphatic carbocycles. The van der Waals surface area contributed by atoms with Crippen LogP contribution in [0, 0.1) is 5.92 Å². The number of anilines is 1. The van der Waals surface area contributed by atoms with Crippen molar-refractivity contribution >= 4 is 29.9 Å². The summed E-state index contributed by atoms with van der Waals surface area (Å²) in [6.07, 6.45) is 0.883. The number of halogens is 1. The molecule has 2 atom stereocenters. The van der Waals surface area contributed by atoms with Crippen molar-refractivity contribution in [2.75, 3.05) is 11.9 Å². The van der Waals surface area contributed by atoms with E-state index in [4.69, 9.17) is 5.73 Å². The number of amides is 2. The number of nitrogens with one attached hydrogen (secondary N) is 2. The molecule has 0 saturated heterocycles. The van der Waals surface area contributed by atoms with Gasteiger partial charge in [0, 0.05) is 23.8 Å². The largest absolute Gasteiger partial charge is 0.352 e. The zero-order chi connectivity index (χ0) is 15.1. The van der Waals surface area contributed by atoms with Crippen molar-refractivity contribution in [3.8, 4) is 0 Å². The molecule has 0 radical (unpaired) electrons. The van der Waals surface area contributed by atoms with Gasteiger partial charge in [0.15, 0.2) is 0 Å². The van der Waals surface area contributed by atoms with Crippen LogP contribution < -0.4 is 16.4 Å². The summed E-state index contributed by atoms with van der Waals surface area (Å²) in [5.41, 5.74) is 6.83. The molecule has 1 rings (SSSR count). The van der Waals surface area contributed by atoms with Gasteiger partial charge in [0.1, 0.15) is 0 Å². The molecule has 6 heteroatoms. The molecule has 118 valence electrons. The van der Waals surface area contributed by atoms with Gasteiger partial charge < -0.3 is 16.4 Å². The van der Waals surface area contributed by atoms with Gasteiger partial charge in [0.25, 0.3) is 5.91 Å². The van der Waals surface area contributed by atoms with E-state index in [2.05, 4.69) is 10.6 Å². The molecule has 21 heavy (non-hydrogen) atoms. The number of benzene rings is 1. The Morgan fingerprint density at radius 2 is 1.95 bits per heavy atom. The van der Waals surface area contributed by atoms with Crippen LogP contribution in [-0.4, -0.2) is 24.4 Å². The summed E-state index contributed by atoms with van der Waals surface area (Å²) in [5, 5.41) is 5.57. The molecule has 2 unspecified atom stereocenters. The van der Waals surface area contributed by atoms with Gasteiger partial charge in [-0.25, -0.2) is 0 Å². The minimum Gasteiger partial charge on any atom is -0.352 e. The molecule has 0 heterocycles. The first kappa shape index (κ1) is 19.4. The van der Waals surface area contributed by atoms with Gasteiger partial charge in [-0.15, -0.1) is 12.4 Å². The lowest BCUT2D eigenvalue weighted by Crippen LogP contribution is -2.34. The van der Waals surface area contributed by atoms with Crippen molar-refractivity contribution < 1.29 is 9.59 Å². The predicted octanol–water partition coefficient (Wildman–Crippen LogP) is 2.17. The molecule has 1 aromatic carbocycles. The lowest BCUT2D eigenvalue weighted by Gasteiger charge is -2.15. The molecular weight excluding hydrogens is 290 g/mol. The van der Waals surface area contributed by atoms with E-state index in [1.165, 1.54) is 0 Å². The third-order valence-electron chi connectivity index (χ3n) is 3.13. The van der Waals surface area contributed by atoms with E-state index in [9.17, 15) is 9.59 Å². The quantitative estimate of drug-likeness (QED) is 0.752. The van der Waals surface area contributed by atoms with Gasteiger partial charge in [-0.3, -0.25) is 9.59 Å². The van der Waals surface area contributed by atoms with Gasteiger partial charge in [0.05, 0.1) is 5.92 Å². The van der Waals surface area contributed by atoms with E-state index >= 15 is 0 Å². The van der Waals surface area contributed by atoms with Crippen molar-refractivity contribution in [3.05, 3.63) is 29.8 Å². The summed E-state index contributed by atoms with van der Waals surface area (Å²) >= 11 is 0. The standard InChI is InChI=1S/C15H23N3O2.ClH/c1-4-8-17-15(20)12-6-5-7-13(9-12)18-14(19)10(2)11(3)16;/h5-7,9-11H,4,8,16H2,1-3H3,(H,17,20)(H,18,19);1H. The van der Waals surface area contributed by atoms with Crippen LogP contribution in [0.25, 0.3) is 0 Å². The number of carbonyl (C=O) groups is 2. The molecule has 5 nitrogen and oxygen atoms in total. The molecule has 0 spiro atoms. The van der Waals surface area contributed by atoms with Gasteiger partial charge in [0.2, 0.25) is 5.91 Å². The maximum atomic E-state index is 11.9. The smallest absolute Gasteiger partial charge is 0.251 e. The van der Waals surface area contributed by atoms with Crippen LogP contribution in [0.5, 0.6) is 0 Å². The Hall–Kier alpha value is -1.59. The molecule has 2 amide bonds. The van der Waals surface area contributed by atoms with E-state index in [0.717, 1.165) is 6.42 Å². The molecule has 0 fully saturated rings. The predicted molar refractivity (Wildman–Crippen MR) is 87.8 cm³/mol. The molecule has 0 saturated carbocycles. The molecule has 1 aromatic rings. The normalized spacial score (nSPS) is 12.8. The number of rotatable bonds is 6. The summed E-state index contributed by atoms with van der Waals surface area (Å²) in [7, 11) is 0. The Bertz CT molecular complexity index is 478. The SMILES string of the molecule is CCCNC(=O)c1cccc(NC(=O)C(C)C(C)N)c1.Cl. The highest BCUT2D eigenvalue weighted by atomic mass is 35.5. The Balaban J connectivity index is 0.00000400. The summed E-state index contributed by atoms with van der Waals surface area (Å²) in [5.74, 6) is -0.568. The van der Waals surface area contributed by atoms with Crippen LogP contribution in [-0.2, 0) is 4.79 Å². The average molecular weight is 314 g/mol. The zero-order valence-electron chi connectivity index (χ0n) is 12.7. The third-order valence-corrected chi connectivity index (χ3v) is 3.13. The molecule has 0 bridgehead atoms. The van der Waals surface area contributed by atoms with E-state index in [1.807, 2.05) is 6.92 Å². The van der Waals surface area contributed by atoms with Gasteiger partial charge >= 0.3 is 0 Å². The van der Waals surface area contributed by atoms with Crippen LogP contribution >= 0.6 is 12.4 Å². The fourth-order valence-corrected chi connectivity index (χ4v) is 1.57. The number of hydrogen-bond acceptors (Lipinski definition) is 3. The van der Waals surface area contributed by atoms with Crippen LogP contribution in [0.3, 0.4) is 0 Å². The Morgan fingerprint density at radius 3 is 2.52 bits per heavy atom. The van der Waals surface area contributed by atoms with Gasteiger partial charge in [-0.2, -0.15) is 0 Å². The highest BCUT2D eigenvalue weighted by molar-refractivity contribution is 5.97. The fraction of sp³-hybridized carbons (Fsp3) is 0.467. The van der Waals surface area contributed by atoms with Crippen molar-refractivity contribution in [3.63, 3.8) is 0 Å². The van der Waals surface area contributed by atoms with Crippen molar-refractivity contribution in [2.45, 2.75) is 33.2 Å². The first-order valence-electron chi connectivity index (χ1n) is 6.90. The minimum absolute atomic E-state index is 0. The maximum Gasteiger partial charge on any atom is 0.251 e. The average Bonchev–Trinajstić information content (AvgIpc) is 2.43. The second-order valence-corrected chi connectivity index (χ2v) is 4.97. The summed E-state index contributed by atoms with van der Waals surface area (Å²) in [4.78, 5) is 23.8. The first-order valence-corrected chi connectivity index (χ1v) is 6.90. The van der Waals surface area contributed by atoms with Crippen molar-refractivity contribution in [1.82, 2.24) is 5.32 Å². The van der Waals surface area contributed by atoms with E-state index < -0.39 is 0 Å². The first-order chi connectivity index (χ1) is 9.45. The van der Waals surface area contributed by atoms with Gasteiger partial charge in [-0.05, 0) is 31.5 Å². The highest BCUT2D eigenvalue weighted by Crippen LogP contribution is 2.13. The van der Waals surface area contributed by atoms with Gasteiger partial charge in [-0.1, -0.05) is 19.9 Å². The number of hydrogen-bond donors (Lipinski definition) is 3. The van der Waals surface area contributed by atoms with E-state index in [-0.39, 0.29) is 36.2 Å². The number of carbonyl (C=O) groups excluding carboxylic acids is 2. The molecule has 0 aliphatic rings. The zero-order valence-corrected chi connectivity index (χ0v) is 13.5. The minimum atomic E-state index is -0.285. The third kappa shape index (κ3) is 6.14. The van der Waals surface area contributed by atoms with Crippen LogP contribution in [0.15, 0.2) is 24.3 Å². The highest BCUT2D eigenvalue weighted by Gasteiger charge is 2.17. The second kappa shape index (κ2) is 9.37. The van der Waals surface area contributed by atoms with Crippen LogP contribution in [0.1, 0.15) is 37.6 Å². The summed E-state index contributed by atoms with van der Waals surface area (Å²) < 4.78 is 0. The monoisotopic (exact) mass is 313 g/mol. The molecular formula is C15H24ClN3O2. The van der Waals surface area contributed by atoms with Crippen LogP contribution in [0.4, 0.5) is 5.69 Å². The molecule has 0 aliphatic heterocycles. The van der Waals surface area contributed by atoms with Crippen LogP contribution in [0.2, 0.25) is 0 Å². The fourth-order valence-electron chi connectivity index (χ4n) is 1.57. The van der Waals surface area contributed by atoms with E-state index in [1.54, 1.807) is 38.1 Å². The van der Waals surface area contributed by atoms with E-state index in [0.29, 0.717) is 17.8 Å². The Morgan fingerprint density at radius 1 is 1.29 bits per heavy atom. The lowest BCUT2D eigenvalue weighted by atomic mass is 10.0. The topological polar surface area (TPSA) is 84.2 Å². The summed E-state index contributed by atoms with van der Waals surface area (Å²) in [6.45, 7) is 6.19. The van der Waals surface area contributed by atoms with Crippen molar-refractivity contribution in [2.24, 2.45) is 11.7 Å².